The summed E-state index contributed by atoms with van der Waals surface area (Å²) in [5.74, 6) is 1.29. The molecule has 0 aliphatic carbocycles. The van der Waals surface area contributed by atoms with Crippen LogP contribution in [-0.4, -0.2) is 20.1 Å². The summed E-state index contributed by atoms with van der Waals surface area (Å²) >= 11 is 2.25. The third-order valence-electron chi connectivity index (χ3n) is 3.29. The van der Waals surface area contributed by atoms with E-state index in [0.29, 0.717) is 11.5 Å². The van der Waals surface area contributed by atoms with Gasteiger partial charge in [-0.3, -0.25) is 4.79 Å². The predicted octanol–water partition coefficient (Wildman–Crippen LogP) is 3.80. The molecule has 0 bridgehead atoms. The highest BCUT2D eigenvalue weighted by molar-refractivity contribution is 14.1. The van der Waals surface area contributed by atoms with Gasteiger partial charge in [0.25, 0.3) is 0 Å². The molecule has 5 heteroatoms. The van der Waals surface area contributed by atoms with Crippen LogP contribution in [0.25, 0.3) is 0 Å². The van der Waals surface area contributed by atoms with Gasteiger partial charge in [0.15, 0.2) is 0 Å². The van der Waals surface area contributed by atoms with Crippen molar-refractivity contribution in [1.29, 1.82) is 0 Å². The zero-order valence-corrected chi connectivity index (χ0v) is 14.9. The Morgan fingerprint density at radius 1 is 1.14 bits per heavy atom. The monoisotopic (exact) mass is 411 g/mol. The van der Waals surface area contributed by atoms with Gasteiger partial charge >= 0.3 is 0 Å². The van der Waals surface area contributed by atoms with Gasteiger partial charge in [0, 0.05) is 14.8 Å². The smallest absolute Gasteiger partial charge is 0.228 e. The average Bonchev–Trinajstić information content (AvgIpc) is 2.50. The van der Waals surface area contributed by atoms with Gasteiger partial charge < -0.3 is 14.8 Å². The highest BCUT2D eigenvalue weighted by Crippen LogP contribution is 2.25. The first-order valence-electron chi connectivity index (χ1n) is 6.80. The molecule has 0 saturated heterocycles. The van der Waals surface area contributed by atoms with E-state index in [0.717, 1.165) is 14.8 Å². The molecular formula is C17H18INO3. The number of methoxy groups -OCH3 is 2. The number of carbonyl (C=O) groups is 1. The van der Waals surface area contributed by atoms with Crippen molar-refractivity contribution in [2.24, 2.45) is 0 Å². The van der Waals surface area contributed by atoms with Crippen LogP contribution < -0.4 is 14.8 Å². The van der Waals surface area contributed by atoms with Crippen LogP contribution in [0.15, 0.2) is 36.4 Å². The van der Waals surface area contributed by atoms with Crippen LogP contribution in [0.4, 0.5) is 5.69 Å². The number of hydrogen-bond acceptors (Lipinski definition) is 3. The Hall–Kier alpha value is -1.76. The van der Waals surface area contributed by atoms with E-state index in [1.165, 1.54) is 5.56 Å². The normalized spacial score (nSPS) is 10.2. The summed E-state index contributed by atoms with van der Waals surface area (Å²) in [7, 11) is 3.19. The third kappa shape index (κ3) is 4.13. The first-order valence-corrected chi connectivity index (χ1v) is 7.88. The van der Waals surface area contributed by atoms with Crippen molar-refractivity contribution >= 4 is 34.2 Å². The molecule has 0 aliphatic heterocycles. The lowest BCUT2D eigenvalue weighted by Crippen LogP contribution is -2.15. The molecule has 0 radical (unpaired) electrons. The van der Waals surface area contributed by atoms with Crippen LogP contribution in [0, 0.1) is 10.5 Å². The van der Waals surface area contributed by atoms with Crippen LogP contribution >= 0.6 is 22.6 Å². The van der Waals surface area contributed by atoms with E-state index in [2.05, 4.69) is 27.9 Å². The van der Waals surface area contributed by atoms with Gasteiger partial charge in [0.1, 0.15) is 11.5 Å². The van der Waals surface area contributed by atoms with E-state index in [9.17, 15) is 4.79 Å². The van der Waals surface area contributed by atoms with E-state index in [4.69, 9.17) is 9.47 Å². The molecule has 1 amide bonds. The fourth-order valence-corrected chi connectivity index (χ4v) is 2.58. The minimum absolute atomic E-state index is 0.0915. The maximum absolute atomic E-state index is 12.2. The number of aryl methyl sites for hydroxylation is 1. The second kappa shape index (κ2) is 7.49. The minimum atomic E-state index is -0.0915. The van der Waals surface area contributed by atoms with E-state index in [1.807, 2.05) is 37.3 Å². The molecule has 22 heavy (non-hydrogen) atoms. The lowest BCUT2D eigenvalue weighted by Gasteiger charge is -2.11. The van der Waals surface area contributed by atoms with Crippen LogP contribution in [0.5, 0.6) is 11.5 Å². The van der Waals surface area contributed by atoms with E-state index >= 15 is 0 Å². The van der Waals surface area contributed by atoms with Crippen molar-refractivity contribution in [1.82, 2.24) is 0 Å². The van der Waals surface area contributed by atoms with Crippen molar-refractivity contribution in [2.75, 3.05) is 19.5 Å². The van der Waals surface area contributed by atoms with Crippen LogP contribution in [0.1, 0.15) is 11.1 Å². The lowest BCUT2D eigenvalue weighted by atomic mass is 10.1. The number of rotatable bonds is 5. The Balaban J connectivity index is 2.12. The first kappa shape index (κ1) is 16.6. The van der Waals surface area contributed by atoms with Gasteiger partial charge in [-0.2, -0.15) is 0 Å². The number of nitrogens with one attached hydrogen (secondary N) is 1. The molecule has 0 spiro atoms. The molecule has 0 atom stereocenters. The second-order valence-corrected chi connectivity index (χ2v) is 6.03. The Morgan fingerprint density at radius 3 is 2.55 bits per heavy atom. The molecule has 0 unspecified atom stereocenters. The Bertz CT molecular complexity index is 686. The van der Waals surface area contributed by atoms with Gasteiger partial charge in [0.05, 0.1) is 20.6 Å². The van der Waals surface area contributed by atoms with Crippen LogP contribution in [0.2, 0.25) is 0 Å². The van der Waals surface area contributed by atoms with Crippen molar-refractivity contribution in [3.05, 3.63) is 51.1 Å². The topological polar surface area (TPSA) is 47.6 Å². The molecule has 1 N–H and O–H groups in total. The summed E-state index contributed by atoms with van der Waals surface area (Å²) in [5, 5.41) is 2.91. The Morgan fingerprint density at radius 2 is 1.91 bits per heavy atom. The molecule has 0 heterocycles. The van der Waals surface area contributed by atoms with Gasteiger partial charge in [-0.05, 0) is 65.4 Å². The van der Waals surface area contributed by atoms with Gasteiger partial charge in [0.2, 0.25) is 5.91 Å². The molecule has 0 aliphatic rings. The standard InChI is InChI=1S/C17H18INO3/c1-11-4-5-13(10-15(11)18)19-17(20)9-12-8-14(21-2)6-7-16(12)22-3/h4-8,10H,9H2,1-3H3,(H,19,20). The number of hydrogen-bond donors (Lipinski definition) is 1. The molecule has 2 rings (SSSR count). The van der Waals surface area contributed by atoms with E-state index in [-0.39, 0.29) is 12.3 Å². The maximum atomic E-state index is 12.2. The maximum Gasteiger partial charge on any atom is 0.228 e. The number of ether oxygens (including phenoxy) is 2. The Labute approximate surface area is 144 Å². The number of anilines is 1. The molecule has 4 nitrogen and oxygen atoms in total. The zero-order chi connectivity index (χ0) is 16.1. The Kier molecular flexibility index (Phi) is 5.65. The highest BCUT2D eigenvalue weighted by atomic mass is 127. The molecule has 2 aromatic carbocycles. The molecule has 0 saturated carbocycles. The number of carbonyl (C=O) groups excluding carboxylic acids is 1. The lowest BCUT2D eigenvalue weighted by molar-refractivity contribution is -0.115. The minimum Gasteiger partial charge on any atom is -0.497 e. The average molecular weight is 411 g/mol. The van der Waals surface area contributed by atoms with Gasteiger partial charge in [-0.1, -0.05) is 6.07 Å². The second-order valence-electron chi connectivity index (χ2n) is 4.87. The zero-order valence-electron chi connectivity index (χ0n) is 12.8. The molecule has 116 valence electrons. The van der Waals surface area contributed by atoms with Gasteiger partial charge in [-0.15, -0.1) is 0 Å². The van der Waals surface area contributed by atoms with Crippen molar-refractivity contribution in [3.8, 4) is 11.5 Å². The van der Waals surface area contributed by atoms with E-state index in [1.54, 1.807) is 20.3 Å². The van der Waals surface area contributed by atoms with Crippen LogP contribution in [-0.2, 0) is 11.2 Å². The summed E-state index contributed by atoms with van der Waals surface area (Å²) in [6, 6.07) is 11.3. The molecular weight excluding hydrogens is 393 g/mol. The fraction of sp³-hybridized carbons (Fsp3) is 0.235. The largest absolute Gasteiger partial charge is 0.497 e. The van der Waals surface area contributed by atoms with Gasteiger partial charge in [-0.25, -0.2) is 0 Å². The number of halogens is 1. The highest BCUT2D eigenvalue weighted by Gasteiger charge is 2.11. The summed E-state index contributed by atoms with van der Waals surface area (Å²) in [4.78, 5) is 12.2. The SMILES string of the molecule is COc1ccc(OC)c(CC(=O)Nc2ccc(C)c(I)c2)c1. The van der Waals surface area contributed by atoms with Crippen molar-refractivity contribution in [3.63, 3.8) is 0 Å². The summed E-state index contributed by atoms with van der Waals surface area (Å²) in [6.45, 7) is 2.04. The summed E-state index contributed by atoms with van der Waals surface area (Å²) < 4.78 is 11.6. The van der Waals surface area contributed by atoms with E-state index < -0.39 is 0 Å². The van der Waals surface area contributed by atoms with Crippen molar-refractivity contribution in [2.45, 2.75) is 13.3 Å². The first-order chi connectivity index (χ1) is 10.5. The molecule has 0 aromatic heterocycles. The summed E-state index contributed by atoms with van der Waals surface area (Å²) in [5.41, 5.74) is 2.77. The predicted molar refractivity (Wildman–Crippen MR) is 95.8 cm³/mol. The quantitative estimate of drug-likeness (QED) is 0.762. The number of benzene rings is 2. The summed E-state index contributed by atoms with van der Waals surface area (Å²) in [6.07, 6.45) is 0.227. The number of amides is 1. The van der Waals surface area contributed by atoms with Crippen LogP contribution in [0.3, 0.4) is 0 Å². The van der Waals surface area contributed by atoms with Crippen molar-refractivity contribution < 1.29 is 14.3 Å². The third-order valence-corrected chi connectivity index (χ3v) is 4.46. The molecule has 2 aromatic rings. The molecule has 0 fully saturated rings. The fourth-order valence-electron chi connectivity index (χ4n) is 2.07.